The average molecular weight is 466 g/mol. The lowest BCUT2D eigenvalue weighted by atomic mass is 9.96. The monoisotopic (exact) mass is 465 g/mol. The minimum Gasteiger partial charge on any atom is -0.406 e. The Hall–Kier alpha value is -3.07. The summed E-state index contributed by atoms with van der Waals surface area (Å²) in [6.07, 6.45) is 5.61. The van der Waals surface area contributed by atoms with E-state index in [1.54, 1.807) is 18.2 Å². The highest BCUT2D eigenvalue weighted by atomic mass is 35.5. The van der Waals surface area contributed by atoms with Crippen molar-refractivity contribution < 1.29 is 27.2 Å². The molecule has 1 saturated carbocycles. The Balaban J connectivity index is 1.54. The fraction of sp³-hybridized carbons (Fsp3) is 0.318. The third kappa shape index (κ3) is 5.04. The molecule has 10 heteroatoms. The van der Waals surface area contributed by atoms with Crippen molar-refractivity contribution in [3.63, 3.8) is 0 Å². The van der Waals surface area contributed by atoms with Crippen LogP contribution in [0.15, 0.2) is 63.7 Å². The summed E-state index contributed by atoms with van der Waals surface area (Å²) in [4.78, 5) is 17.4. The van der Waals surface area contributed by atoms with Crippen molar-refractivity contribution in [2.45, 2.75) is 44.0 Å². The van der Waals surface area contributed by atoms with Crippen molar-refractivity contribution >= 4 is 17.5 Å². The van der Waals surface area contributed by atoms with Gasteiger partial charge >= 0.3 is 6.36 Å². The van der Waals surface area contributed by atoms with Crippen LogP contribution < -0.4 is 10.1 Å². The van der Waals surface area contributed by atoms with Crippen LogP contribution in [0.4, 0.5) is 13.2 Å². The topological polar surface area (TPSA) is 77.2 Å². The molecule has 1 aromatic heterocycles. The van der Waals surface area contributed by atoms with Gasteiger partial charge in [-0.3, -0.25) is 4.79 Å². The van der Waals surface area contributed by atoms with Gasteiger partial charge in [0.1, 0.15) is 11.3 Å². The summed E-state index contributed by atoms with van der Waals surface area (Å²) in [6, 6.07) is 5.18. The molecule has 0 saturated heterocycles. The molecule has 1 amide bonds. The van der Waals surface area contributed by atoms with Crippen LogP contribution in [0.25, 0.3) is 11.4 Å². The van der Waals surface area contributed by atoms with E-state index in [2.05, 4.69) is 20.2 Å². The van der Waals surface area contributed by atoms with Crippen molar-refractivity contribution in [2.24, 2.45) is 0 Å². The van der Waals surface area contributed by atoms with Crippen LogP contribution in [0.5, 0.6) is 5.75 Å². The summed E-state index contributed by atoms with van der Waals surface area (Å²) >= 11 is 5.99. The summed E-state index contributed by atoms with van der Waals surface area (Å²) in [5.41, 5.74) is 0.222. The number of nitrogens with one attached hydrogen (secondary N) is 1. The molecule has 6 nitrogen and oxygen atoms in total. The largest absolute Gasteiger partial charge is 0.573 e. The Bertz CT molecular complexity index is 1080. The van der Waals surface area contributed by atoms with E-state index in [1.165, 1.54) is 24.3 Å². The second-order valence-corrected chi connectivity index (χ2v) is 8.03. The Morgan fingerprint density at radius 2 is 1.88 bits per heavy atom. The number of carbonyl (C=O) groups excluding carboxylic acids is 1. The highest BCUT2D eigenvalue weighted by Crippen LogP contribution is 2.39. The first kappa shape index (κ1) is 22.1. The maximum Gasteiger partial charge on any atom is 0.573 e. The van der Waals surface area contributed by atoms with Crippen molar-refractivity contribution in [2.75, 3.05) is 0 Å². The van der Waals surface area contributed by atoms with Gasteiger partial charge in [0.25, 0.3) is 5.89 Å². The molecule has 2 aromatic rings. The third-order valence-electron chi connectivity index (χ3n) is 5.34. The SMILES string of the molecule is O=C(NC1(c2nc(-c3ccc(OC(F)(F)F)cc3)no2)CCCC1)C1=CC=C(Cl)C=CC1. The van der Waals surface area contributed by atoms with Crippen molar-refractivity contribution in [3.8, 4) is 17.1 Å². The van der Waals surface area contributed by atoms with E-state index in [-0.39, 0.29) is 23.4 Å². The van der Waals surface area contributed by atoms with Gasteiger partial charge in [-0.1, -0.05) is 41.8 Å². The summed E-state index contributed by atoms with van der Waals surface area (Å²) in [6.45, 7) is 0. The minimum atomic E-state index is -4.77. The maximum atomic E-state index is 12.9. The number of allylic oxidation sites excluding steroid dienone is 5. The quantitative estimate of drug-likeness (QED) is 0.628. The lowest BCUT2D eigenvalue weighted by Gasteiger charge is -2.26. The third-order valence-corrected chi connectivity index (χ3v) is 5.59. The van der Waals surface area contributed by atoms with Crippen molar-refractivity contribution in [3.05, 3.63) is 65.1 Å². The number of aromatic nitrogens is 2. The molecule has 2 aliphatic rings. The average Bonchev–Trinajstić information content (AvgIpc) is 3.36. The molecule has 0 atom stereocenters. The molecule has 0 aliphatic heterocycles. The summed E-state index contributed by atoms with van der Waals surface area (Å²) in [5.74, 6) is -0.102. The van der Waals surface area contributed by atoms with Crippen LogP contribution in [0.1, 0.15) is 38.0 Å². The number of nitrogens with zero attached hydrogens (tertiary/aromatic N) is 2. The predicted octanol–water partition coefficient (Wildman–Crippen LogP) is 5.53. The Kier molecular flexibility index (Phi) is 6.10. The normalized spacial score (nSPS) is 18.0. The van der Waals surface area contributed by atoms with E-state index in [0.29, 0.717) is 35.4 Å². The van der Waals surface area contributed by atoms with Gasteiger partial charge < -0.3 is 14.6 Å². The highest BCUT2D eigenvalue weighted by Gasteiger charge is 2.42. The number of rotatable bonds is 5. The maximum absolute atomic E-state index is 12.9. The van der Waals surface area contributed by atoms with Crippen LogP contribution in [0, 0.1) is 0 Å². The van der Waals surface area contributed by atoms with Gasteiger partial charge in [-0.2, -0.15) is 4.98 Å². The van der Waals surface area contributed by atoms with Gasteiger partial charge in [0.15, 0.2) is 0 Å². The molecule has 4 rings (SSSR count). The molecular weight excluding hydrogens is 447 g/mol. The van der Waals surface area contributed by atoms with Crippen molar-refractivity contribution in [1.29, 1.82) is 0 Å². The lowest BCUT2D eigenvalue weighted by molar-refractivity contribution is -0.274. The van der Waals surface area contributed by atoms with E-state index >= 15 is 0 Å². The number of hydrogen-bond donors (Lipinski definition) is 1. The molecule has 0 spiro atoms. The molecule has 1 heterocycles. The van der Waals surface area contributed by atoms with Gasteiger partial charge in [0.2, 0.25) is 11.7 Å². The molecule has 1 aromatic carbocycles. The Morgan fingerprint density at radius 3 is 2.56 bits per heavy atom. The standard InChI is InChI=1S/C22H19ClF3N3O3/c23-16-5-3-4-15(6-9-16)19(30)28-21(12-1-2-13-21)20-27-18(29-32-20)14-7-10-17(11-8-14)31-22(24,25)26/h3,5-11H,1-2,4,12-13H2,(H,28,30). The Morgan fingerprint density at radius 1 is 1.16 bits per heavy atom. The second-order valence-electron chi connectivity index (χ2n) is 7.59. The number of halogens is 4. The predicted molar refractivity (Wildman–Crippen MR) is 110 cm³/mol. The molecule has 168 valence electrons. The van der Waals surface area contributed by atoms with Gasteiger partial charge in [-0.25, -0.2) is 0 Å². The van der Waals surface area contributed by atoms with E-state index in [9.17, 15) is 18.0 Å². The molecule has 2 aliphatic carbocycles. The molecule has 0 unspecified atom stereocenters. The summed E-state index contributed by atoms with van der Waals surface area (Å²) < 4.78 is 46.4. The number of hydrogen-bond acceptors (Lipinski definition) is 5. The van der Waals surface area contributed by atoms with Crippen molar-refractivity contribution in [1.82, 2.24) is 15.5 Å². The van der Waals surface area contributed by atoms with Gasteiger partial charge in [-0.05, 0) is 55.7 Å². The van der Waals surface area contributed by atoms with E-state index < -0.39 is 11.9 Å². The lowest BCUT2D eigenvalue weighted by Crippen LogP contribution is -2.44. The fourth-order valence-electron chi connectivity index (χ4n) is 3.78. The highest BCUT2D eigenvalue weighted by molar-refractivity contribution is 6.31. The van der Waals surface area contributed by atoms with Gasteiger partial charge in [-0.15, -0.1) is 13.2 Å². The van der Waals surface area contributed by atoms with Gasteiger partial charge in [0, 0.05) is 16.2 Å². The summed E-state index contributed by atoms with van der Waals surface area (Å²) in [5, 5.41) is 7.58. The van der Waals surface area contributed by atoms with Crippen LogP contribution in [-0.4, -0.2) is 22.4 Å². The van der Waals surface area contributed by atoms with E-state index in [0.717, 1.165) is 12.8 Å². The molecule has 0 radical (unpaired) electrons. The zero-order valence-corrected chi connectivity index (χ0v) is 17.5. The number of alkyl halides is 3. The zero-order valence-electron chi connectivity index (χ0n) is 16.8. The number of amides is 1. The number of ether oxygens (including phenoxy) is 1. The van der Waals surface area contributed by atoms with Crippen LogP contribution >= 0.6 is 11.6 Å². The smallest absolute Gasteiger partial charge is 0.406 e. The zero-order chi connectivity index (χ0) is 22.8. The van der Waals surface area contributed by atoms with E-state index in [4.69, 9.17) is 16.1 Å². The van der Waals surface area contributed by atoms with Crippen LogP contribution in [0.3, 0.4) is 0 Å². The van der Waals surface area contributed by atoms with Crippen LogP contribution in [0.2, 0.25) is 0 Å². The number of carbonyl (C=O) groups is 1. The first-order chi connectivity index (χ1) is 15.2. The first-order valence-corrected chi connectivity index (χ1v) is 10.4. The first-order valence-electron chi connectivity index (χ1n) is 10.00. The fourth-order valence-corrected chi connectivity index (χ4v) is 3.93. The molecule has 0 bridgehead atoms. The number of benzene rings is 1. The molecular formula is C22H19ClF3N3O3. The van der Waals surface area contributed by atoms with Gasteiger partial charge in [0.05, 0.1) is 0 Å². The van der Waals surface area contributed by atoms with Crippen LogP contribution in [-0.2, 0) is 10.3 Å². The van der Waals surface area contributed by atoms with E-state index in [1.807, 2.05) is 6.08 Å². The Labute approximate surface area is 186 Å². The molecule has 1 N–H and O–H groups in total. The minimum absolute atomic E-state index is 0.213. The molecule has 32 heavy (non-hydrogen) atoms. The molecule has 1 fully saturated rings. The second kappa shape index (κ2) is 8.82. The summed E-state index contributed by atoms with van der Waals surface area (Å²) in [7, 11) is 0.